The van der Waals surface area contributed by atoms with Gasteiger partial charge in [0.25, 0.3) is 0 Å². The molecule has 2 unspecified atom stereocenters. The number of aliphatic hydroxyl groups is 1. The molecule has 120 valence electrons. The molecule has 2 atom stereocenters. The summed E-state index contributed by atoms with van der Waals surface area (Å²) in [6.45, 7) is 4.65. The first-order chi connectivity index (χ1) is 10.1. The lowest BCUT2D eigenvalue weighted by Crippen LogP contribution is -2.48. The number of nitrogens with one attached hydrogen (secondary N) is 1. The van der Waals surface area contributed by atoms with Crippen molar-refractivity contribution in [2.45, 2.75) is 32.2 Å². The van der Waals surface area contributed by atoms with Gasteiger partial charge in [0.05, 0.1) is 13.2 Å². The predicted octanol–water partition coefficient (Wildman–Crippen LogP) is -1.08. The molecule has 2 amide bonds. The molecule has 0 aromatic rings. The lowest BCUT2D eigenvalue weighted by Gasteiger charge is -2.33. The summed E-state index contributed by atoms with van der Waals surface area (Å²) < 4.78 is 0. The van der Waals surface area contributed by atoms with E-state index in [9.17, 15) is 14.7 Å². The zero-order valence-electron chi connectivity index (χ0n) is 12.6. The Morgan fingerprint density at radius 3 is 2.48 bits per heavy atom. The van der Waals surface area contributed by atoms with Gasteiger partial charge in [-0.05, 0) is 31.7 Å². The van der Waals surface area contributed by atoms with Crippen molar-refractivity contribution in [3.05, 3.63) is 0 Å². The summed E-state index contributed by atoms with van der Waals surface area (Å²) in [6, 6.07) is 0.0921. The predicted molar refractivity (Wildman–Crippen MR) is 77.9 cm³/mol. The van der Waals surface area contributed by atoms with Crippen LogP contribution in [-0.2, 0) is 9.59 Å². The molecule has 0 aromatic carbocycles. The standard InChI is InChI=1S/C14H26N4O3/c1-10-2-5-18(12(10)9-19)8-13(20)17-6-3-11(4-7-17)14(21)16-15/h10-12,19H,2-9,15H2,1H3,(H,16,21). The number of amides is 2. The third kappa shape index (κ3) is 3.72. The summed E-state index contributed by atoms with van der Waals surface area (Å²) in [4.78, 5) is 27.7. The van der Waals surface area contributed by atoms with Gasteiger partial charge in [0.1, 0.15) is 0 Å². The van der Waals surface area contributed by atoms with Gasteiger partial charge in [0.2, 0.25) is 11.8 Å². The van der Waals surface area contributed by atoms with Crippen LogP contribution in [0.25, 0.3) is 0 Å². The average Bonchev–Trinajstić information content (AvgIpc) is 2.86. The fourth-order valence-electron chi connectivity index (χ4n) is 3.36. The van der Waals surface area contributed by atoms with Gasteiger partial charge in [-0.25, -0.2) is 5.84 Å². The molecule has 2 aliphatic rings. The molecular weight excluding hydrogens is 272 g/mol. The van der Waals surface area contributed by atoms with Crippen molar-refractivity contribution >= 4 is 11.8 Å². The van der Waals surface area contributed by atoms with E-state index in [-0.39, 0.29) is 30.4 Å². The van der Waals surface area contributed by atoms with Crippen molar-refractivity contribution in [1.82, 2.24) is 15.2 Å². The molecule has 7 nitrogen and oxygen atoms in total. The Kier molecular flexibility index (Phi) is 5.55. The number of carbonyl (C=O) groups excluding carboxylic acids is 2. The fraction of sp³-hybridized carbons (Fsp3) is 0.857. The highest BCUT2D eigenvalue weighted by molar-refractivity contribution is 5.80. The van der Waals surface area contributed by atoms with E-state index in [1.54, 1.807) is 0 Å². The van der Waals surface area contributed by atoms with Gasteiger partial charge in [-0.3, -0.25) is 19.9 Å². The fourth-order valence-corrected chi connectivity index (χ4v) is 3.36. The average molecular weight is 298 g/mol. The zero-order valence-corrected chi connectivity index (χ0v) is 12.6. The van der Waals surface area contributed by atoms with Crippen molar-refractivity contribution in [1.29, 1.82) is 0 Å². The van der Waals surface area contributed by atoms with Gasteiger partial charge in [0.15, 0.2) is 0 Å². The summed E-state index contributed by atoms with van der Waals surface area (Å²) >= 11 is 0. The Labute approximate surface area is 125 Å². The number of likely N-dealkylation sites (tertiary alicyclic amines) is 2. The van der Waals surface area contributed by atoms with E-state index in [0.717, 1.165) is 13.0 Å². The maximum absolute atomic E-state index is 12.3. The number of aliphatic hydroxyl groups excluding tert-OH is 1. The summed E-state index contributed by atoms with van der Waals surface area (Å²) in [6.07, 6.45) is 2.35. The van der Waals surface area contributed by atoms with E-state index in [1.165, 1.54) is 0 Å². The molecule has 0 radical (unpaired) electrons. The second-order valence-electron chi connectivity index (χ2n) is 6.15. The third-order valence-corrected chi connectivity index (χ3v) is 4.88. The Hall–Kier alpha value is -1.18. The first kappa shape index (κ1) is 16.2. The number of nitrogens with two attached hydrogens (primary N) is 1. The van der Waals surface area contributed by atoms with Crippen molar-refractivity contribution in [3.8, 4) is 0 Å². The highest BCUT2D eigenvalue weighted by Crippen LogP contribution is 2.24. The zero-order chi connectivity index (χ0) is 15.4. The number of hydrazine groups is 1. The molecule has 2 aliphatic heterocycles. The number of hydrogen-bond donors (Lipinski definition) is 3. The van der Waals surface area contributed by atoms with E-state index >= 15 is 0 Å². The third-order valence-electron chi connectivity index (χ3n) is 4.88. The molecule has 0 bridgehead atoms. The molecule has 0 aliphatic carbocycles. The smallest absolute Gasteiger partial charge is 0.237 e. The number of rotatable bonds is 4. The van der Waals surface area contributed by atoms with Crippen LogP contribution in [0.1, 0.15) is 26.2 Å². The normalized spacial score (nSPS) is 27.9. The van der Waals surface area contributed by atoms with Crippen LogP contribution in [0.2, 0.25) is 0 Å². The van der Waals surface area contributed by atoms with Gasteiger partial charge in [-0.15, -0.1) is 0 Å². The minimum absolute atomic E-state index is 0.0870. The van der Waals surface area contributed by atoms with Gasteiger partial charge in [-0.1, -0.05) is 6.92 Å². The molecule has 2 heterocycles. The second kappa shape index (κ2) is 7.20. The topological polar surface area (TPSA) is 98.9 Å². The lowest BCUT2D eigenvalue weighted by molar-refractivity contribution is -0.137. The maximum atomic E-state index is 12.3. The van der Waals surface area contributed by atoms with Gasteiger partial charge >= 0.3 is 0 Å². The summed E-state index contributed by atoms with van der Waals surface area (Å²) in [7, 11) is 0. The Morgan fingerprint density at radius 1 is 1.24 bits per heavy atom. The van der Waals surface area contributed by atoms with Gasteiger partial charge < -0.3 is 10.0 Å². The van der Waals surface area contributed by atoms with Crippen LogP contribution in [0.5, 0.6) is 0 Å². The Morgan fingerprint density at radius 2 is 1.90 bits per heavy atom. The Balaban J connectivity index is 1.81. The molecule has 21 heavy (non-hydrogen) atoms. The Bertz CT molecular complexity index is 382. The van der Waals surface area contributed by atoms with E-state index in [2.05, 4.69) is 17.2 Å². The van der Waals surface area contributed by atoms with E-state index < -0.39 is 0 Å². The highest BCUT2D eigenvalue weighted by atomic mass is 16.3. The molecule has 0 spiro atoms. The minimum Gasteiger partial charge on any atom is -0.395 e. The van der Waals surface area contributed by atoms with Crippen molar-refractivity contribution < 1.29 is 14.7 Å². The quantitative estimate of drug-likeness (QED) is 0.348. The van der Waals surface area contributed by atoms with Crippen LogP contribution in [0.3, 0.4) is 0 Å². The highest BCUT2D eigenvalue weighted by Gasteiger charge is 2.33. The minimum atomic E-state index is -0.143. The van der Waals surface area contributed by atoms with Crippen LogP contribution in [0.15, 0.2) is 0 Å². The summed E-state index contributed by atoms with van der Waals surface area (Å²) in [5, 5.41) is 9.43. The van der Waals surface area contributed by atoms with Gasteiger partial charge in [0, 0.05) is 25.0 Å². The number of carbonyl (C=O) groups is 2. The molecule has 4 N–H and O–H groups in total. The molecule has 0 aromatic heterocycles. The number of nitrogens with zero attached hydrogens (tertiary/aromatic N) is 2. The SMILES string of the molecule is CC1CCN(CC(=O)N2CCC(C(=O)NN)CC2)C1CO. The van der Waals surface area contributed by atoms with Crippen LogP contribution < -0.4 is 11.3 Å². The maximum Gasteiger partial charge on any atom is 0.237 e. The van der Waals surface area contributed by atoms with Gasteiger partial charge in [-0.2, -0.15) is 0 Å². The first-order valence-electron chi connectivity index (χ1n) is 7.70. The van der Waals surface area contributed by atoms with E-state index in [1.807, 2.05) is 4.90 Å². The van der Waals surface area contributed by atoms with E-state index in [0.29, 0.717) is 38.4 Å². The lowest BCUT2D eigenvalue weighted by atomic mass is 9.96. The molecule has 2 fully saturated rings. The molecule has 0 saturated carbocycles. The molecule has 2 rings (SSSR count). The van der Waals surface area contributed by atoms with Crippen LogP contribution in [0.4, 0.5) is 0 Å². The van der Waals surface area contributed by atoms with Crippen molar-refractivity contribution in [3.63, 3.8) is 0 Å². The summed E-state index contributed by atoms with van der Waals surface area (Å²) in [5.41, 5.74) is 2.18. The number of piperidine rings is 1. The molecule has 7 heteroatoms. The largest absolute Gasteiger partial charge is 0.395 e. The number of hydrogen-bond acceptors (Lipinski definition) is 5. The van der Waals surface area contributed by atoms with Crippen molar-refractivity contribution in [2.24, 2.45) is 17.7 Å². The molecular formula is C14H26N4O3. The van der Waals surface area contributed by atoms with Crippen LogP contribution in [-0.4, -0.2) is 65.5 Å². The van der Waals surface area contributed by atoms with Crippen LogP contribution in [0, 0.1) is 11.8 Å². The monoisotopic (exact) mass is 298 g/mol. The van der Waals surface area contributed by atoms with E-state index in [4.69, 9.17) is 5.84 Å². The summed E-state index contributed by atoms with van der Waals surface area (Å²) in [5.74, 6) is 5.43. The van der Waals surface area contributed by atoms with Crippen LogP contribution >= 0.6 is 0 Å². The molecule has 2 saturated heterocycles. The second-order valence-corrected chi connectivity index (χ2v) is 6.15. The first-order valence-corrected chi connectivity index (χ1v) is 7.70. The van der Waals surface area contributed by atoms with Crippen molar-refractivity contribution in [2.75, 3.05) is 32.8 Å².